The van der Waals surface area contributed by atoms with Gasteiger partial charge in [-0.3, -0.25) is 4.79 Å². The topological polar surface area (TPSA) is 55.1 Å². The average molecular weight is 158 g/mol. The van der Waals surface area contributed by atoms with Crippen molar-refractivity contribution in [2.45, 2.75) is 33.2 Å². The van der Waals surface area contributed by atoms with Crippen molar-refractivity contribution in [3.05, 3.63) is 0 Å². The zero-order valence-corrected chi connectivity index (χ0v) is 7.55. The first-order valence-electron chi connectivity index (χ1n) is 4.10. The van der Waals surface area contributed by atoms with Crippen LogP contribution in [0, 0.1) is 5.92 Å². The molecule has 0 aliphatic rings. The second-order valence-electron chi connectivity index (χ2n) is 3.14. The highest BCUT2D eigenvalue weighted by Gasteiger charge is 2.14. The number of carbonyl (C=O) groups excluding carboxylic acids is 1. The highest BCUT2D eigenvalue weighted by molar-refractivity contribution is 5.79. The molecule has 0 spiro atoms. The van der Waals surface area contributed by atoms with E-state index in [9.17, 15) is 4.79 Å². The predicted octanol–water partition coefficient (Wildman–Crippen LogP) is 0.496. The molecule has 11 heavy (non-hydrogen) atoms. The fraction of sp³-hybridized carbons (Fsp3) is 0.875. The molecule has 1 amide bonds. The number of amides is 1. The van der Waals surface area contributed by atoms with Gasteiger partial charge in [0.15, 0.2) is 0 Å². The molecular weight excluding hydrogens is 140 g/mol. The van der Waals surface area contributed by atoms with Crippen LogP contribution < -0.4 is 11.1 Å². The lowest BCUT2D eigenvalue weighted by Crippen LogP contribution is -2.41. The smallest absolute Gasteiger partial charge is 0.234 e. The van der Waals surface area contributed by atoms with E-state index in [0.29, 0.717) is 5.92 Å². The lowest BCUT2D eigenvalue weighted by Gasteiger charge is -2.15. The first-order valence-corrected chi connectivity index (χ1v) is 4.10. The first kappa shape index (κ1) is 10.4. The van der Waals surface area contributed by atoms with Gasteiger partial charge >= 0.3 is 0 Å². The van der Waals surface area contributed by atoms with Crippen LogP contribution in [0.2, 0.25) is 0 Å². The Morgan fingerprint density at radius 1 is 1.55 bits per heavy atom. The minimum atomic E-state index is -0.249. The zero-order chi connectivity index (χ0) is 8.85. The van der Waals surface area contributed by atoms with Gasteiger partial charge in [0.2, 0.25) is 5.91 Å². The van der Waals surface area contributed by atoms with Crippen LogP contribution in [0.15, 0.2) is 0 Å². The van der Waals surface area contributed by atoms with Crippen molar-refractivity contribution in [3.8, 4) is 0 Å². The highest BCUT2D eigenvalue weighted by Crippen LogP contribution is 2.03. The first-order chi connectivity index (χ1) is 5.07. The molecule has 0 fully saturated rings. The number of primary amides is 1. The summed E-state index contributed by atoms with van der Waals surface area (Å²) in [5.41, 5.74) is 5.17. The van der Waals surface area contributed by atoms with Crippen LogP contribution in [-0.2, 0) is 4.79 Å². The third kappa shape index (κ3) is 4.79. The minimum Gasteiger partial charge on any atom is -0.368 e. The van der Waals surface area contributed by atoms with E-state index in [1.807, 2.05) is 6.92 Å². The van der Waals surface area contributed by atoms with Gasteiger partial charge in [0.05, 0.1) is 6.04 Å². The van der Waals surface area contributed by atoms with Crippen LogP contribution in [-0.4, -0.2) is 18.5 Å². The summed E-state index contributed by atoms with van der Waals surface area (Å²) in [5.74, 6) is 0.257. The molecule has 3 heteroatoms. The SMILES string of the molecule is CCNC(CC(C)C)C(N)=O. The zero-order valence-electron chi connectivity index (χ0n) is 7.55. The summed E-state index contributed by atoms with van der Waals surface area (Å²) in [5, 5.41) is 3.04. The number of rotatable bonds is 5. The van der Waals surface area contributed by atoms with Crippen LogP contribution in [0.25, 0.3) is 0 Å². The van der Waals surface area contributed by atoms with Crippen molar-refractivity contribution in [1.29, 1.82) is 0 Å². The van der Waals surface area contributed by atoms with Crippen LogP contribution >= 0.6 is 0 Å². The molecule has 0 aromatic carbocycles. The van der Waals surface area contributed by atoms with Gasteiger partial charge in [-0.05, 0) is 18.9 Å². The molecule has 0 aromatic heterocycles. The number of carbonyl (C=O) groups is 1. The molecule has 0 saturated heterocycles. The fourth-order valence-electron chi connectivity index (χ4n) is 1.02. The normalized spacial score (nSPS) is 13.5. The van der Waals surface area contributed by atoms with Crippen LogP contribution in [0.3, 0.4) is 0 Å². The summed E-state index contributed by atoms with van der Waals surface area (Å²) in [6.07, 6.45) is 0.823. The maximum atomic E-state index is 10.8. The van der Waals surface area contributed by atoms with Crippen molar-refractivity contribution in [2.75, 3.05) is 6.54 Å². The Morgan fingerprint density at radius 3 is 2.36 bits per heavy atom. The number of nitrogens with two attached hydrogens (primary N) is 1. The van der Waals surface area contributed by atoms with E-state index < -0.39 is 0 Å². The van der Waals surface area contributed by atoms with E-state index in [1.54, 1.807) is 0 Å². The van der Waals surface area contributed by atoms with E-state index >= 15 is 0 Å². The molecule has 0 aliphatic heterocycles. The molecule has 3 nitrogen and oxygen atoms in total. The molecule has 0 saturated carbocycles. The van der Waals surface area contributed by atoms with Crippen LogP contribution in [0.5, 0.6) is 0 Å². The molecule has 0 rings (SSSR count). The Morgan fingerprint density at radius 2 is 2.09 bits per heavy atom. The molecule has 1 atom stereocenters. The summed E-state index contributed by atoms with van der Waals surface area (Å²) < 4.78 is 0. The third-order valence-electron chi connectivity index (χ3n) is 1.50. The van der Waals surface area contributed by atoms with Crippen molar-refractivity contribution >= 4 is 5.91 Å². The van der Waals surface area contributed by atoms with E-state index in [1.165, 1.54) is 0 Å². The number of nitrogens with one attached hydrogen (secondary N) is 1. The molecule has 0 bridgehead atoms. The Hall–Kier alpha value is -0.570. The standard InChI is InChI=1S/C8H18N2O/c1-4-10-7(8(9)11)5-6(2)3/h6-7,10H,4-5H2,1-3H3,(H2,9,11). The fourth-order valence-corrected chi connectivity index (χ4v) is 1.02. The number of likely N-dealkylation sites (N-methyl/N-ethyl adjacent to an activating group) is 1. The van der Waals surface area contributed by atoms with Crippen molar-refractivity contribution in [2.24, 2.45) is 11.7 Å². The highest BCUT2D eigenvalue weighted by atomic mass is 16.1. The van der Waals surface area contributed by atoms with E-state index in [-0.39, 0.29) is 11.9 Å². The second-order valence-corrected chi connectivity index (χ2v) is 3.14. The molecule has 1 unspecified atom stereocenters. The summed E-state index contributed by atoms with van der Waals surface area (Å²) in [6, 6.07) is -0.153. The van der Waals surface area contributed by atoms with Gasteiger partial charge < -0.3 is 11.1 Å². The van der Waals surface area contributed by atoms with Gasteiger partial charge in [0.1, 0.15) is 0 Å². The molecule has 0 aliphatic carbocycles. The van der Waals surface area contributed by atoms with Crippen molar-refractivity contribution in [3.63, 3.8) is 0 Å². The minimum absolute atomic E-state index is 0.153. The van der Waals surface area contributed by atoms with Gasteiger partial charge in [-0.1, -0.05) is 20.8 Å². The van der Waals surface area contributed by atoms with Gasteiger partial charge in [0, 0.05) is 0 Å². The third-order valence-corrected chi connectivity index (χ3v) is 1.50. The summed E-state index contributed by atoms with van der Waals surface area (Å²) >= 11 is 0. The number of hydrogen-bond acceptors (Lipinski definition) is 2. The Bertz CT molecular complexity index is 123. The second kappa shape index (κ2) is 5.13. The molecular formula is C8H18N2O. The van der Waals surface area contributed by atoms with Gasteiger partial charge in [-0.2, -0.15) is 0 Å². The van der Waals surface area contributed by atoms with E-state index in [4.69, 9.17) is 5.73 Å². The monoisotopic (exact) mass is 158 g/mol. The maximum absolute atomic E-state index is 10.8. The summed E-state index contributed by atoms with van der Waals surface area (Å²) in [4.78, 5) is 10.8. The lowest BCUT2D eigenvalue weighted by atomic mass is 10.0. The molecule has 3 N–H and O–H groups in total. The Balaban J connectivity index is 3.79. The summed E-state index contributed by atoms with van der Waals surface area (Å²) in [6.45, 7) is 6.91. The van der Waals surface area contributed by atoms with Gasteiger partial charge in [-0.15, -0.1) is 0 Å². The quantitative estimate of drug-likeness (QED) is 0.612. The largest absolute Gasteiger partial charge is 0.368 e. The lowest BCUT2D eigenvalue weighted by molar-refractivity contribution is -0.120. The number of hydrogen-bond donors (Lipinski definition) is 2. The Kier molecular flexibility index (Phi) is 4.86. The van der Waals surface area contributed by atoms with E-state index in [2.05, 4.69) is 19.2 Å². The van der Waals surface area contributed by atoms with Gasteiger partial charge in [0.25, 0.3) is 0 Å². The van der Waals surface area contributed by atoms with Crippen molar-refractivity contribution in [1.82, 2.24) is 5.32 Å². The summed E-state index contributed by atoms with van der Waals surface area (Å²) in [7, 11) is 0. The van der Waals surface area contributed by atoms with E-state index in [0.717, 1.165) is 13.0 Å². The molecule has 0 aromatic rings. The maximum Gasteiger partial charge on any atom is 0.234 e. The van der Waals surface area contributed by atoms with Crippen molar-refractivity contribution < 1.29 is 4.79 Å². The predicted molar refractivity (Wildman–Crippen MR) is 46.1 cm³/mol. The Labute approximate surface area is 68.3 Å². The molecule has 66 valence electrons. The van der Waals surface area contributed by atoms with Crippen LogP contribution in [0.1, 0.15) is 27.2 Å². The average Bonchev–Trinajstić information content (AvgIpc) is 1.86. The molecule has 0 radical (unpaired) electrons. The van der Waals surface area contributed by atoms with Crippen LogP contribution in [0.4, 0.5) is 0 Å². The molecule has 0 heterocycles. The van der Waals surface area contributed by atoms with Gasteiger partial charge in [-0.25, -0.2) is 0 Å².